The van der Waals surface area contributed by atoms with Gasteiger partial charge >= 0.3 is 0 Å². The van der Waals surface area contributed by atoms with E-state index in [0.717, 1.165) is 44.8 Å². The summed E-state index contributed by atoms with van der Waals surface area (Å²) in [6, 6.07) is 15.0. The quantitative estimate of drug-likeness (QED) is 0.221. The van der Waals surface area contributed by atoms with Gasteiger partial charge < -0.3 is 24.4 Å². The van der Waals surface area contributed by atoms with Crippen molar-refractivity contribution in [3.8, 4) is 17.6 Å². The van der Waals surface area contributed by atoms with Crippen molar-refractivity contribution in [3.05, 3.63) is 77.2 Å². The number of halogens is 1. The lowest BCUT2D eigenvalue weighted by atomic mass is 10.1. The zero-order valence-corrected chi connectivity index (χ0v) is 24.9. The topological polar surface area (TPSA) is 113 Å². The van der Waals surface area contributed by atoms with E-state index < -0.39 is 0 Å². The highest BCUT2D eigenvalue weighted by molar-refractivity contribution is 6.34. The highest BCUT2D eigenvalue weighted by atomic mass is 35.5. The van der Waals surface area contributed by atoms with Crippen LogP contribution in [0.25, 0.3) is 10.9 Å². The van der Waals surface area contributed by atoms with Crippen molar-refractivity contribution in [3.63, 3.8) is 0 Å². The number of rotatable bonds is 11. The van der Waals surface area contributed by atoms with Gasteiger partial charge in [0, 0.05) is 56.2 Å². The standard InChI is InChI=1S/C32H33ClN6O4/c1-22(40)39(21-23-5-3-10-35-19-23)28-8-6-25(17-27(28)33)37-30-24(18-34)20-36-31-26(30)7-9-29(32(31)41-2)43-14-4-11-38-12-15-42-16-13-38/h3,5-10,17,19-20H,4,11-16,21H2,1-2H3,(H,36,37). The lowest BCUT2D eigenvalue weighted by molar-refractivity contribution is -0.116. The van der Waals surface area contributed by atoms with E-state index >= 15 is 0 Å². The number of pyridine rings is 2. The maximum absolute atomic E-state index is 12.5. The summed E-state index contributed by atoms with van der Waals surface area (Å²) in [5, 5.41) is 14.3. The second-order valence-corrected chi connectivity index (χ2v) is 10.5. The summed E-state index contributed by atoms with van der Waals surface area (Å²) in [6.45, 7) is 6.72. The molecular formula is C32H33ClN6O4. The van der Waals surface area contributed by atoms with Gasteiger partial charge in [-0.05, 0) is 48.4 Å². The van der Waals surface area contributed by atoms with E-state index in [4.69, 9.17) is 25.8 Å². The van der Waals surface area contributed by atoms with Gasteiger partial charge in [-0.2, -0.15) is 5.26 Å². The molecule has 2 aromatic carbocycles. The van der Waals surface area contributed by atoms with Crippen LogP contribution in [0.15, 0.2) is 61.1 Å². The van der Waals surface area contributed by atoms with Gasteiger partial charge in [0.2, 0.25) is 5.91 Å². The number of hydrogen-bond acceptors (Lipinski definition) is 9. The molecule has 2 aromatic heterocycles. The van der Waals surface area contributed by atoms with Crippen LogP contribution in [0, 0.1) is 11.3 Å². The van der Waals surface area contributed by atoms with Crippen LogP contribution in [-0.4, -0.2) is 67.3 Å². The molecule has 4 aromatic rings. The van der Waals surface area contributed by atoms with E-state index in [-0.39, 0.29) is 5.91 Å². The van der Waals surface area contributed by atoms with Crippen molar-refractivity contribution in [2.75, 3.05) is 56.8 Å². The molecule has 0 unspecified atom stereocenters. The molecule has 0 saturated carbocycles. The first-order valence-electron chi connectivity index (χ1n) is 14.0. The van der Waals surface area contributed by atoms with E-state index in [0.29, 0.717) is 63.2 Å². The largest absolute Gasteiger partial charge is 0.491 e. The van der Waals surface area contributed by atoms with Gasteiger partial charge in [-0.1, -0.05) is 17.7 Å². The van der Waals surface area contributed by atoms with Crippen molar-refractivity contribution >= 4 is 45.5 Å². The Morgan fingerprint density at radius 1 is 1.21 bits per heavy atom. The Balaban J connectivity index is 1.37. The van der Waals surface area contributed by atoms with Crippen LogP contribution >= 0.6 is 11.6 Å². The first-order chi connectivity index (χ1) is 21.0. The van der Waals surface area contributed by atoms with E-state index in [1.807, 2.05) is 30.3 Å². The maximum Gasteiger partial charge on any atom is 0.224 e. The van der Waals surface area contributed by atoms with Gasteiger partial charge in [-0.15, -0.1) is 0 Å². The third kappa shape index (κ3) is 7.14. The number of nitriles is 1. The molecule has 0 atom stereocenters. The van der Waals surface area contributed by atoms with Crippen LogP contribution in [0.2, 0.25) is 5.02 Å². The number of nitrogens with zero attached hydrogens (tertiary/aromatic N) is 5. The number of hydrogen-bond donors (Lipinski definition) is 1. The number of amides is 1. The molecular weight excluding hydrogens is 568 g/mol. The van der Waals surface area contributed by atoms with Gasteiger partial charge in [0.15, 0.2) is 11.5 Å². The highest BCUT2D eigenvalue weighted by Gasteiger charge is 2.19. The third-order valence-corrected chi connectivity index (χ3v) is 7.52. The van der Waals surface area contributed by atoms with E-state index in [2.05, 4.69) is 26.3 Å². The van der Waals surface area contributed by atoms with Crippen LogP contribution in [0.3, 0.4) is 0 Å². The average Bonchev–Trinajstić information content (AvgIpc) is 3.03. The Bertz CT molecular complexity index is 1620. The van der Waals surface area contributed by atoms with Crippen LogP contribution in [-0.2, 0) is 16.1 Å². The molecule has 1 fully saturated rings. The smallest absolute Gasteiger partial charge is 0.224 e. The van der Waals surface area contributed by atoms with E-state index in [1.165, 1.54) is 13.1 Å². The predicted molar refractivity (Wildman–Crippen MR) is 166 cm³/mol. The number of carbonyl (C=O) groups excluding carboxylic acids is 1. The number of ether oxygens (including phenoxy) is 3. The Labute approximate surface area is 255 Å². The molecule has 1 saturated heterocycles. The minimum Gasteiger partial charge on any atom is -0.491 e. The molecule has 43 heavy (non-hydrogen) atoms. The zero-order valence-electron chi connectivity index (χ0n) is 24.2. The molecule has 0 radical (unpaired) electrons. The van der Waals surface area contributed by atoms with Crippen molar-refractivity contribution in [1.29, 1.82) is 5.26 Å². The summed E-state index contributed by atoms with van der Waals surface area (Å²) in [6.07, 6.45) is 5.78. The molecule has 0 bridgehead atoms. The normalized spacial score (nSPS) is 13.3. The lowest BCUT2D eigenvalue weighted by Crippen LogP contribution is -2.37. The molecule has 0 aliphatic carbocycles. The Hall–Kier alpha value is -4.43. The number of methoxy groups -OCH3 is 1. The first kappa shape index (κ1) is 30.0. The Morgan fingerprint density at radius 3 is 2.74 bits per heavy atom. The lowest BCUT2D eigenvalue weighted by Gasteiger charge is -2.26. The minimum atomic E-state index is -0.149. The molecule has 222 valence electrons. The molecule has 1 amide bonds. The molecule has 5 rings (SSSR count). The molecule has 1 aliphatic rings. The molecule has 11 heteroatoms. The fraction of sp³-hybridized carbons (Fsp3) is 0.312. The number of benzene rings is 2. The Morgan fingerprint density at radius 2 is 2.05 bits per heavy atom. The fourth-order valence-electron chi connectivity index (χ4n) is 5.03. The van der Waals surface area contributed by atoms with Crippen LogP contribution in [0.5, 0.6) is 11.5 Å². The first-order valence-corrected chi connectivity index (χ1v) is 14.4. The molecule has 1 N–H and O–H groups in total. The van der Waals surface area contributed by atoms with Crippen molar-refractivity contribution in [2.45, 2.75) is 19.9 Å². The van der Waals surface area contributed by atoms with Gasteiger partial charge in [0.1, 0.15) is 11.6 Å². The third-order valence-electron chi connectivity index (χ3n) is 7.21. The van der Waals surface area contributed by atoms with Crippen LogP contribution in [0.4, 0.5) is 17.1 Å². The maximum atomic E-state index is 12.5. The molecule has 0 spiro atoms. The summed E-state index contributed by atoms with van der Waals surface area (Å²) in [7, 11) is 1.58. The number of nitrogens with one attached hydrogen (secondary N) is 1. The Kier molecular flexibility index (Phi) is 9.89. The van der Waals surface area contributed by atoms with Crippen molar-refractivity contribution < 1.29 is 19.0 Å². The SMILES string of the molecule is COc1c(OCCCN2CCOCC2)ccc2c(Nc3ccc(N(Cc4cccnc4)C(C)=O)c(Cl)c3)c(C#N)cnc12. The number of morpholine rings is 1. The second-order valence-electron chi connectivity index (χ2n) is 10.1. The van der Waals surface area contributed by atoms with E-state index in [9.17, 15) is 10.1 Å². The van der Waals surface area contributed by atoms with E-state index in [1.54, 1.807) is 36.5 Å². The minimum absolute atomic E-state index is 0.149. The zero-order chi connectivity index (χ0) is 30.2. The summed E-state index contributed by atoms with van der Waals surface area (Å²) in [5.41, 5.74) is 3.58. The molecule has 3 heterocycles. The summed E-state index contributed by atoms with van der Waals surface area (Å²) >= 11 is 6.70. The van der Waals surface area contributed by atoms with Crippen LogP contribution in [0.1, 0.15) is 24.5 Å². The van der Waals surface area contributed by atoms with Gasteiger partial charge in [-0.25, -0.2) is 0 Å². The fourth-order valence-corrected chi connectivity index (χ4v) is 5.32. The number of aromatic nitrogens is 2. The average molecular weight is 601 g/mol. The second kappa shape index (κ2) is 14.2. The van der Waals surface area contributed by atoms with Gasteiger partial charge in [-0.3, -0.25) is 19.7 Å². The number of carbonyl (C=O) groups is 1. The summed E-state index contributed by atoms with van der Waals surface area (Å²) < 4.78 is 17.2. The monoisotopic (exact) mass is 600 g/mol. The number of anilines is 3. The predicted octanol–water partition coefficient (Wildman–Crippen LogP) is 5.56. The summed E-state index contributed by atoms with van der Waals surface area (Å²) in [5.74, 6) is 0.937. The number of fused-ring (bicyclic) bond motifs is 1. The van der Waals surface area contributed by atoms with Crippen molar-refractivity contribution in [1.82, 2.24) is 14.9 Å². The molecule has 10 nitrogen and oxygen atoms in total. The molecule has 1 aliphatic heterocycles. The summed E-state index contributed by atoms with van der Waals surface area (Å²) in [4.78, 5) is 25.1. The van der Waals surface area contributed by atoms with Gasteiger partial charge in [0.25, 0.3) is 0 Å². The van der Waals surface area contributed by atoms with Crippen LogP contribution < -0.4 is 19.7 Å². The van der Waals surface area contributed by atoms with Crippen molar-refractivity contribution in [2.24, 2.45) is 0 Å². The highest BCUT2D eigenvalue weighted by Crippen LogP contribution is 2.40. The van der Waals surface area contributed by atoms with Gasteiger partial charge in [0.05, 0.1) is 55.4 Å².